The second kappa shape index (κ2) is 4.99. The Morgan fingerprint density at radius 3 is 3.20 bits per heavy atom. The zero-order chi connectivity index (χ0) is 10.7. The van der Waals surface area contributed by atoms with E-state index in [1.165, 1.54) is 23.6 Å². The highest BCUT2D eigenvalue weighted by molar-refractivity contribution is 7.99. The average Bonchev–Trinajstić information content (AvgIpc) is 2.85. The van der Waals surface area contributed by atoms with Crippen LogP contribution in [0.4, 0.5) is 0 Å². The van der Waals surface area contributed by atoms with E-state index in [4.69, 9.17) is 5.11 Å². The van der Waals surface area contributed by atoms with Crippen LogP contribution < -0.4 is 0 Å². The summed E-state index contributed by atoms with van der Waals surface area (Å²) in [4.78, 5) is 15.9. The van der Waals surface area contributed by atoms with Crippen molar-refractivity contribution >= 4 is 29.1 Å². The summed E-state index contributed by atoms with van der Waals surface area (Å²) in [6.45, 7) is 0. The number of thioether (sulfide) groups is 1. The van der Waals surface area contributed by atoms with Crippen molar-refractivity contribution in [3.8, 4) is 0 Å². The van der Waals surface area contributed by atoms with Crippen molar-refractivity contribution in [2.75, 3.05) is 5.75 Å². The first kappa shape index (κ1) is 11.0. The third-order valence-corrected chi connectivity index (χ3v) is 5.07. The van der Waals surface area contributed by atoms with Crippen molar-refractivity contribution in [2.24, 2.45) is 0 Å². The van der Waals surface area contributed by atoms with E-state index in [1.54, 1.807) is 11.3 Å². The van der Waals surface area contributed by atoms with E-state index in [9.17, 15) is 4.79 Å². The topological polar surface area (TPSA) is 50.2 Å². The van der Waals surface area contributed by atoms with E-state index in [0.717, 1.165) is 4.88 Å². The number of carboxylic acid groups (broad SMARTS) is 1. The van der Waals surface area contributed by atoms with Crippen LogP contribution in [0, 0.1) is 0 Å². The third-order valence-electron chi connectivity index (χ3n) is 2.36. The van der Waals surface area contributed by atoms with Gasteiger partial charge in [-0.05, 0) is 25.0 Å². The van der Waals surface area contributed by atoms with Gasteiger partial charge in [0, 0.05) is 11.1 Å². The second-order valence-corrected chi connectivity index (χ2v) is 6.02. The van der Waals surface area contributed by atoms with Gasteiger partial charge in [0.25, 0.3) is 0 Å². The summed E-state index contributed by atoms with van der Waals surface area (Å²) in [5.74, 6) is 0.495. The molecule has 15 heavy (non-hydrogen) atoms. The van der Waals surface area contributed by atoms with Crippen molar-refractivity contribution in [1.29, 1.82) is 0 Å². The van der Waals surface area contributed by atoms with Gasteiger partial charge < -0.3 is 5.11 Å². The molecule has 1 aromatic heterocycles. The van der Waals surface area contributed by atoms with E-state index in [-0.39, 0.29) is 6.42 Å². The number of aryl methyl sites for hydroxylation is 1. The minimum absolute atomic E-state index is 0.208. The van der Waals surface area contributed by atoms with Gasteiger partial charge in [0.05, 0.1) is 11.7 Å². The molecule has 0 amide bonds. The molecule has 1 unspecified atom stereocenters. The van der Waals surface area contributed by atoms with Crippen LogP contribution in [-0.4, -0.2) is 21.8 Å². The van der Waals surface area contributed by atoms with Gasteiger partial charge in [0.2, 0.25) is 0 Å². The number of hydrogen-bond acceptors (Lipinski definition) is 4. The molecule has 1 saturated heterocycles. The number of carboxylic acids is 1. The number of rotatable bonds is 4. The smallest absolute Gasteiger partial charge is 0.303 e. The van der Waals surface area contributed by atoms with Gasteiger partial charge in [-0.25, -0.2) is 4.98 Å². The Hall–Kier alpha value is -0.550. The molecule has 0 saturated carbocycles. The molecule has 2 heterocycles. The van der Waals surface area contributed by atoms with E-state index in [2.05, 4.69) is 4.98 Å². The molecule has 1 N–H and O–H groups in total. The predicted molar refractivity (Wildman–Crippen MR) is 62.5 cm³/mol. The van der Waals surface area contributed by atoms with Gasteiger partial charge in [-0.1, -0.05) is 0 Å². The van der Waals surface area contributed by atoms with Crippen molar-refractivity contribution in [3.63, 3.8) is 0 Å². The molecule has 3 nitrogen and oxygen atoms in total. The highest BCUT2D eigenvalue weighted by Crippen LogP contribution is 2.41. The molecule has 1 aliphatic heterocycles. The number of hydrogen-bond donors (Lipinski definition) is 1. The van der Waals surface area contributed by atoms with Crippen LogP contribution in [0.25, 0.3) is 0 Å². The van der Waals surface area contributed by atoms with E-state index in [1.807, 2.05) is 18.0 Å². The van der Waals surface area contributed by atoms with Crippen molar-refractivity contribution in [1.82, 2.24) is 4.98 Å². The lowest BCUT2D eigenvalue weighted by molar-refractivity contribution is -0.136. The number of aliphatic carboxylic acids is 1. The fraction of sp³-hybridized carbons (Fsp3) is 0.600. The Labute approximate surface area is 96.9 Å². The number of carbonyl (C=O) groups is 1. The molecular weight excluding hydrogens is 230 g/mol. The SMILES string of the molecule is O=C(O)CCc1cnc(C2CCCS2)s1. The Bertz CT molecular complexity index is 345. The van der Waals surface area contributed by atoms with Crippen LogP contribution in [0.3, 0.4) is 0 Å². The maximum Gasteiger partial charge on any atom is 0.303 e. The third kappa shape index (κ3) is 2.95. The molecule has 0 aromatic carbocycles. The van der Waals surface area contributed by atoms with Crippen molar-refractivity contribution < 1.29 is 9.90 Å². The Morgan fingerprint density at radius 1 is 1.67 bits per heavy atom. The highest BCUT2D eigenvalue weighted by Gasteiger charge is 2.20. The molecule has 0 bridgehead atoms. The van der Waals surface area contributed by atoms with E-state index in [0.29, 0.717) is 11.7 Å². The molecule has 5 heteroatoms. The second-order valence-electron chi connectivity index (χ2n) is 3.56. The molecule has 2 rings (SSSR count). The van der Waals surface area contributed by atoms with Crippen LogP contribution in [0.1, 0.15) is 34.4 Å². The maximum atomic E-state index is 10.4. The molecule has 0 spiro atoms. The summed E-state index contributed by atoms with van der Waals surface area (Å²) in [5, 5.41) is 10.3. The van der Waals surface area contributed by atoms with Gasteiger partial charge in [-0.3, -0.25) is 4.79 Å². The van der Waals surface area contributed by atoms with Crippen LogP contribution >= 0.6 is 23.1 Å². The van der Waals surface area contributed by atoms with Crippen molar-refractivity contribution in [2.45, 2.75) is 30.9 Å². The number of nitrogens with zero attached hydrogens (tertiary/aromatic N) is 1. The summed E-state index contributed by atoms with van der Waals surface area (Å²) < 4.78 is 0. The molecule has 0 radical (unpaired) electrons. The van der Waals surface area contributed by atoms with Gasteiger partial charge in [-0.2, -0.15) is 11.8 Å². The Kier molecular flexibility index (Phi) is 3.64. The summed E-state index contributed by atoms with van der Waals surface area (Å²) in [5.41, 5.74) is 0. The Morgan fingerprint density at radius 2 is 2.53 bits per heavy atom. The lowest BCUT2D eigenvalue weighted by Gasteiger charge is -2.01. The first-order valence-electron chi connectivity index (χ1n) is 5.03. The predicted octanol–water partition coefficient (Wildman–Crippen LogP) is 2.73. The summed E-state index contributed by atoms with van der Waals surface area (Å²) in [6, 6.07) is 0. The molecule has 1 aliphatic rings. The van der Waals surface area contributed by atoms with Gasteiger partial charge in [0.15, 0.2) is 0 Å². The van der Waals surface area contributed by atoms with Crippen LogP contribution in [0.5, 0.6) is 0 Å². The largest absolute Gasteiger partial charge is 0.481 e. The fourth-order valence-corrected chi connectivity index (χ4v) is 4.03. The minimum Gasteiger partial charge on any atom is -0.481 e. The molecule has 1 fully saturated rings. The highest BCUT2D eigenvalue weighted by atomic mass is 32.2. The average molecular weight is 243 g/mol. The lowest BCUT2D eigenvalue weighted by Crippen LogP contribution is -1.95. The van der Waals surface area contributed by atoms with Crippen LogP contribution in [0.2, 0.25) is 0 Å². The normalized spacial score (nSPS) is 20.7. The van der Waals surface area contributed by atoms with Crippen LogP contribution in [0.15, 0.2) is 6.20 Å². The van der Waals surface area contributed by atoms with Gasteiger partial charge >= 0.3 is 5.97 Å². The molecule has 1 atom stereocenters. The first-order valence-corrected chi connectivity index (χ1v) is 6.90. The maximum absolute atomic E-state index is 10.4. The lowest BCUT2D eigenvalue weighted by atomic mass is 10.3. The zero-order valence-electron chi connectivity index (χ0n) is 8.31. The summed E-state index contributed by atoms with van der Waals surface area (Å²) in [6.07, 6.45) is 5.15. The first-order chi connectivity index (χ1) is 7.25. The summed E-state index contributed by atoms with van der Waals surface area (Å²) >= 11 is 3.64. The molecule has 82 valence electrons. The zero-order valence-corrected chi connectivity index (χ0v) is 9.94. The van der Waals surface area contributed by atoms with Crippen LogP contribution in [-0.2, 0) is 11.2 Å². The quantitative estimate of drug-likeness (QED) is 0.883. The van der Waals surface area contributed by atoms with E-state index < -0.39 is 5.97 Å². The molecular formula is C10H13NO2S2. The Balaban J connectivity index is 1.94. The van der Waals surface area contributed by atoms with E-state index >= 15 is 0 Å². The van der Waals surface area contributed by atoms with Crippen molar-refractivity contribution in [3.05, 3.63) is 16.1 Å². The van der Waals surface area contributed by atoms with Gasteiger partial charge in [0.1, 0.15) is 5.01 Å². The minimum atomic E-state index is -0.736. The fourth-order valence-electron chi connectivity index (χ4n) is 1.59. The number of aromatic nitrogens is 1. The molecule has 0 aliphatic carbocycles. The molecule has 1 aromatic rings. The standard InChI is InChI=1S/C10H13NO2S2/c12-9(13)4-3-7-6-11-10(15-7)8-2-1-5-14-8/h6,8H,1-5H2,(H,12,13). The summed E-state index contributed by atoms with van der Waals surface area (Å²) in [7, 11) is 0. The van der Waals surface area contributed by atoms with Gasteiger partial charge in [-0.15, -0.1) is 11.3 Å². The number of thiazole rings is 1. The monoisotopic (exact) mass is 243 g/mol.